The summed E-state index contributed by atoms with van der Waals surface area (Å²) in [5.41, 5.74) is 9.81. The Morgan fingerprint density at radius 3 is 1.00 bits per heavy atom. The third-order valence-electron chi connectivity index (χ3n) is 8.41. The Hall–Kier alpha value is -6.48. The summed E-state index contributed by atoms with van der Waals surface area (Å²) in [5.74, 6) is 0. The molecule has 0 heterocycles. The lowest BCUT2D eigenvalue weighted by atomic mass is 9.97. The van der Waals surface area contributed by atoms with Crippen molar-refractivity contribution in [2.45, 2.75) is 0 Å². The van der Waals surface area contributed by atoms with Gasteiger partial charge in [-0.1, -0.05) is 133 Å². The van der Waals surface area contributed by atoms with Gasteiger partial charge in [0.05, 0.1) is 12.4 Å². The molecular formula is C44H34N6S2. The van der Waals surface area contributed by atoms with E-state index in [1.54, 1.807) is 0 Å². The normalized spacial score (nSPS) is 11.1. The van der Waals surface area contributed by atoms with Crippen LogP contribution >= 0.6 is 24.4 Å². The molecule has 4 N–H and O–H groups in total. The second-order valence-corrected chi connectivity index (χ2v) is 12.7. The topological polar surface area (TPSA) is 72.8 Å². The van der Waals surface area contributed by atoms with Crippen molar-refractivity contribution in [3.63, 3.8) is 0 Å². The predicted molar refractivity (Wildman–Crippen MR) is 230 cm³/mol. The molecule has 0 saturated heterocycles. The maximum Gasteiger partial charge on any atom is 0.191 e. The first kappa shape index (κ1) is 34.0. The van der Waals surface area contributed by atoms with E-state index >= 15 is 0 Å². The number of rotatable bonds is 6. The average Bonchev–Trinajstić information content (AvgIpc) is 3.18. The van der Waals surface area contributed by atoms with Crippen LogP contribution < -0.4 is 21.5 Å². The van der Waals surface area contributed by atoms with Gasteiger partial charge >= 0.3 is 0 Å². The first-order valence-corrected chi connectivity index (χ1v) is 17.6. The number of thiocarbonyl (C=S) groups is 2. The number of hydrogen-bond acceptors (Lipinski definition) is 4. The second kappa shape index (κ2) is 16.5. The number of anilines is 2. The first-order valence-electron chi connectivity index (χ1n) is 16.7. The summed E-state index contributed by atoms with van der Waals surface area (Å²) in [6.07, 6.45) is 3.67. The summed E-state index contributed by atoms with van der Waals surface area (Å²) >= 11 is 10.6. The van der Waals surface area contributed by atoms with Crippen molar-refractivity contribution in [2.24, 2.45) is 10.2 Å². The van der Waals surface area contributed by atoms with Crippen molar-refractivity contribution in [1.29, 1.82) is 0 Å². The third-order valence-corrected chi connectivity index (χ3v) is 8.80. The zero-order chi connectivity index (χ0) is 35.5. The van der Waals surface area contributed by atoms with E-state index in [4.69, 9.17) is 24.4 Å². The Bertz CT molecular complexity index is 2280. The molecule has 0 saturated carbocycles. The molecule has 0 spiro atoms. The van der Waals surface area contributed by atoms with Crippen LogP contribution in [0.5, 0.6) is 0 Å². The molecule has 0 aliphatic rings. The van der Waals surface area contributed by atoms with Crippen molar-refractivity contribution in [3.8, 4) is 0 Å². The molecule has 0 radical (unpaired) electrons. The fourth-order valence-corrected chi connectivity index (χ4v) is 6.39. The van der Waals surface area contributed by atoms with Gasteiger partial charge in [0, 0.05) is 22.5 Å². The number of nitrogens with zero attached hydrogens (tertiary/aromatic N) is 2. The highest BCUT2D eigenvalue weighted by Gasteiger charge is 2.07. The van der Waals surface area contributed by atoms with Crippen LogP contribution in [0.25, 0.3) is 43.1 Å². The molecule has 6 nitrogen and oxygen atoms in total. The van der Waals surface area contributed by atoms with E-state index in [1.807, 2.05) is 97.4 Å². The van der Waals surface area contributed by atoms with E-state index < -0.39 is 0 Å². The van der Waals surface area contributed by atoms with Gasteiger partial charge in [0.15, 0.2) is 10.2 Å². The quantitative estimate of drug-likeness (QED) is 0.0596. The third kappa shape index (κ3) is 8.27. The molecule has 0 bridgehead atoms. The average molecular weight is 711 g/mol. The maximum absolute atomic E-state index is 5.31. The molecular weight excluding hydrogens is 677 g/mol. The zero-order valence-electron chi connectivity index (χ0n) is 28.0. The smallest absolute Gasteiger partial charge is 0.191 e. The monoisotopic (exact) mass is 710 g/mol. The van der Waals surface area contributed by atoms with Gasteiger partial charge in [-0.05, 0) is 104 Å². The Labute approximate surface area is 312 Å². The molecule has 8 aromatic carbocycles. The number of para-hydroxylation sites is 2. The Kier molecular flexibility index (Phi) is 10.8. The largest absolute Gasteiger partial charge is 0.331 e. The molecule has 0 unspecified atom stereocenters. The van der Waals surface area contributed by atoms with E-state index in [-0.39, 0.29) is 0 Å². The summed E-state index contributed by atoms with van der Waals surface area (Å²) in [6, 6.07) is 57.3. The van der Waals surface area contributed by atoms with Crippen molar-refractivity contribution < 1.29 is 0 Å². The molecule has 0 aromatic heterocycles. The Balaban J connectivity index is 0.000000162. The van der Waals surface area contributed by atoms with Gasteiger partial charge in [-0.15, -0.1) is 0 Å². The molecule has 8 aromatic rings. The second-order valence-electron chi connectivity index (χ2n) is 11.8. The molecule has 0 amide bonds. The summed E-state index contributed by atoms with van der Waals surface area (Å²) in [7, 11) is 0. The van der Waals surface area contributed by atoms with Crippen LogP contribution in [0.15, 0.2) is 180 Å². The highest BCUT2D eigenvalue weighted by Crippen LogP contribution is 2.28. The van der Waals surface area contributed by atoms with Crippen LogP contribution in [-0.4, -0.2) is 22.7 Å². The van der Waals surface area contributed by atoms with Crippen molar-refractivity contribution >= 4 is 102 Å². The van der Waals surface area contributed by atoms with Gasteiger partial charge < -0.3 is 10.6 Å². The highest BCUT2D eigenvalue weighted by molar-refractivity contribution is 7.80. The molecule has 0 fully saturated rings. The van der Waals surface area contributed by atoms with Gasteiger partial charge in [-0.3, -0.25) is 10.9 Å². The Morgan fingerprint density at radius 1 is 0.385 bits per heavy atom. The van der Waals surface area contributed by atoms with Crippen molar-refractivity contribution in [2.75, 3.05) is 10.6 Å². The molecule has 8 heteroatoms. The van der Waals surface area contributed by atoms with Gasteiger partial charge in [-0.25, -0.2) is 0 Å². The number of hydrazone groups is 2. The highest BCUT2D eigenvalue weighted by atomic mass is 32.1. The van der Waals surface area contributed by atoms with E-state index in [0.717, 1.165) is 22.5 Å². The molecule has 8 rings (SSSR count). The number of nitrogens with one attached hydrogen (secondary N) is 4. The van der Waals surface area contributed by atoms with Crippen LogP contribution in [0.2, 0.25) is 0 Å². The van der Waals surface area contributed by atoms with Crippen molar-refractivity contribution in [1.82, 2.24) is 10.9 Å². The SMILES string of the molecule is S=C(N/N=C/c1c2ccccc2cc2ccccc12)Nc1ccccc1.S=C(N/N=C/c1c2ccccc2cc2ccccc12)Nc1ccccc1. The van der Waals surface area contributed by atoms with Gasteiger partial charge in [0.25, 0.3) is 0 Å². The molecule has 0 aliphatic carbocycles. The molecule has 0 aliphatic heterocycles. The summed E-state index contributed by atoms with van der Waals surface area (Å²) in [5, 5.41) is 25.3. The fourth-order valence-electron chi connectivity index (χ4n) is 6.05. The van der Waals surface area contributed by atoms with E-state index in [1.165, 1.54) is 43.1 Å². The van der Waals surface area contributed by atoms with Crippen LogP contribution in [0, 0.1) is 0 Å². The van der Waals surface area contributed by atoms with Crippen LogP contribution in [0.1, 0.15) is 11.1 Å². The lowest BCUT2D eigenvalue weighted by Gasteiger charge is -2.09. The number of fused-ring (bicyclic) bond motifs is 4. The summed E-state index contributed by atoms with van der Waals surface area (Å²) in [6.45, 7) is 0. The minimum atomic E-state index is 0.456. The molecule has 52 heavy (non-hydrogen) atoms. The van der Waals surface area contributed by atoms with E-state index in [2.05, 4.69) is 117 Å². The van der Waals surface area contributed by atoms with Gasteiger partial charge in [-0.2, -0.15) is 10.2 Å². The fraction of sp³-hybridized carbons (Fsp3) is 0. The first-order chi connectivity index (χ1) is 25.6. The summed E-state index contributed by atoms with van der Waals surface area (Å²) < 4.78 is 0. The standard InChI is InChI=1S/2C22H17N3S/c2*26-22(24-18-10-2-1-3-11-18)25-23-15-21-19-12-6-4-8-16(19)14-17-9-5-7-13-20(17)21/h2*1-15H,(H2,24,25,26)/b2*23-15+. The lowest BCUT2D eigenvalue weighted by molar-refractivity contribution is 1.05. The summed E-state index contributed by atoms with van der Waals surface area (Å²) in [4.78, 5) is 0. The maximum atomic E-state index is 5.31. The predicted octanol–water partition coefficient (Wildman–Crippen LogP) is 10.6. The lowest BCUT2D eigenvalue weighted by Crippen LogP contribution is -2.23. The Morgan fingerprint density at radius 2 is 0.673 bits per heavy atom. The van der Waals surface area contributed by atoms with E-state index in [0.29, 0.717) is 10.2 Å². The molecule has 0 atom stereocenters. The van der Waals surface area contributed by atoms with Gasteiger partial charge in [0.1, 0.15) is 0 Å². The minimum absolute atomic E-state index is 0.456. The van der Waals surface area contributed by atoms with Crippen LogP contribution in [0.4, 0.5) is 11.4 Å². The number of hydrogen-bond donors (Lipinski definition) is 4. The minimum Gasteiger partial charge on any atom is -0.331 e. The van der Waals surface area contributed by atoms with Gasteiger partial charge in [0.2, 0.25) is 0 Å². The van der Waals surface area contributed by atoms with E-state index in [9.17, 15) is 0 Å². The number of benzene rings is 8. The van der Waals surface area contributed by atoms with Crippen molar-refractivity contribution in [3.05, 3.63) is 181 Å². The zero-order valence-corrected chi connectivity index (χ0v) is 29.7. The van der Waals surface area contributed by atoms with Crippen LogP contribution in [0.3, 0.4) is 0 Å². The van der Waals surface area contributed by atoms with Crippen LogP contribution in [-0.2, 0) is 0 Å². The molecule has 252 valence electrons.